The average molecular weight is 465 g/mol. The Kier molecular flexibility index (Phi) is 8.15. The maximum absolute atomic E-state index is 6.04. The van der Waals surface area contributed by atoms with Gasteiger partial charge in [-0.15, -0.1) is 24.0 Å². The summed E-state index contributed by atoms with van der Waals surface area (Å²) in [6, 6.07) is 12.4. The normalized spacial score (nSPS) is 14.7. The number of benzene rings is 1. The molecule has 3 N–H and O–H groups in total. The summed E-state index contributed by atoms with van der Waals surface area (Å²) in [6.45, 7) is 4.88. The van der Waals surface area contributed by atoms with Crippen molar-refractivity contribution in [2.45, 2.75) is 39.2 Å². The van der Waals surface area contributed by atoms with Gasteiger partial charge in [0.25, 0.3) is 0 Å². The zero-order valence-electron chi connectivity index (χ0n) is 15.3. The molecule has 0 radical (unpaired) electrons. The minimum atomic E-state index is 0. The molecule has 0 bridgehead atoms. The Hall–Kier alpha value is -1.83. The lowest BCUT2D eigenvalue weighted by atomic mass is 10.1. The fourth-order valence-corrected chi connectivity index (χ4v) is 3.09. The molecule has 2 aromatic rings. The van der Waals surface area contributed by atoms with Gasteiger partial charge < -0.3 is 16.0 Å². The summed E-state index contributed by atoms with van der Waals surface area (Å²) < 4.78 is 0. The minimum Gasteiger partial charge on any atom is -0.370 e. The maximum Gasteiger partial charge on any atom is 0.193 e. The van der Waals surface area contributed by atoms with Gasteiger partial charge in [0.2, 0.25) is 0 Å². The average Bonchev–Trinajstić information content (AvgIpc) is 2.67. The summed E-state index contributed by atoms with van der Waals surface area (Å²) in [7, 11) is 0. The standard InChI is InChI=1S/C20H27N5.HI/c1-2-16-7-6-8-18(13-16)24-20(21)23-15-17-9-10-22-19(14-17)25-11-4-3-5-12-25;/h6-10,13-14H,2-5,11-12,15H2,1H3,(H3,21,23,24);1H. The smallest absolute Gasteiger partial charge is 0.193 e. The first kappa shape index (κ1) is 20.5. The number of pyridine rings is 1. The molecule has 6 heteroatoms. The lowest BCUT2D eigenvalue weighted by Gasteiger charge is -2.27. The molecule has 2 heterocycles. The summed E-state index contributed by atoms with van der Waals surface area (Å²) in [5.74, 6) is 1.49. The molecule has 1 aromatic carbocycles. The first-order chi connectivity index (χ1) is 12.2. The van der Waals surface area contributed by atoms with Crippen molar-refractivity contribution >= 4 is 41.4 Å². The number of aliphatic imine (C=N–C) groups is 1. The van der Waals surface area contributed by atoms with Crippen LogP contribution in [0.1, 0.15) is 37.3 Å². The van der Waals surface area contributed by atoms with Crippen molar-refractivity contribution in [2.24, 2.45) is 10.7 Å². The van der Waals surface area contributed by atoms with Crippen LogP contribution in [-0.2, 0) is 13.0 Å². The number of guanidine groups is 1. The number of hydrogen-bond acceptors (Lipinski definition) is 3. The highest BCUT2D eigenvalue weighted by atomic mass is 127. The van der Waals surface area contributed by atoms with E-state index in [0.717, 1.165) is 36.6 Å². The molecule has 1 saturated heterocycles. The largest absolute Gasteiger partial charge is 0.370 e. The van der Waals surface area contributed by atoms with E-state index in [0.29, 0.717) is 12.5 Å². The van der Waals surface area contributed by atoms with Gasteiger partial charge in [0.1, 0.15) is 5.82 Å². The number of nitrogens with one attached hydrogen (secondary N) is 1. The first-order valence-corrected chi connectivity index (χ1v) is 9.10. The van der Waals surface area contributed by atoms with E-state index in [1.165, 1.54) is 24.8 Å². The molecule has 26 heavy (non-hydrogen) atoms. The van der Waals surface area contributed by atoms with Gasteiger partial charge in [-0.1, -0.05) is 19.1 Å². The van der Waals surface area contributed by atoms with Crippen molar-refractivity contribution in [1.29, 1.82) is 0 Å². The topological polar surface area (TPSA) is 66.5 Å². The van der Waals surface area contributed by atoms with Gasteiger partial charge in [0.15, 0.2) is 5.96 Å². The van der Waals surface area contributed by atoms with Crippen molar-refractivity contribution in [3.05, 3.63) is 53.7 Å². The van der Waals surface area contributed by atoms with Crippen LogP contribution in [-0.4, -0.2) is 24.0 Å². The zero-order chi connectivity index (χ0) is 17.5. The third-order valence-electron chi connectivity index (χ3n) is 4.53. The van der Waals surface area contributed by atoms with Gasteiger partial charge in [0.05, 0.1) is 6.54 Å². The van der Waals surface area contributed by atoms with Crippen molar-refractivity contribution in [3.8, 4) is 0 Å². The van der Waals surface area contributed by atoms with E-state index < -0.39 is 0 Å². The Morgan fingerprint density at radius 2 is 1.96 bits per heavy atom. The van der Waals surface area contributed by atoms with Crippen LogP contribution in [0.25, 0.3) is 0 Å². The van der Waals surface area contributed by atoms with E-state index in [4.69, 9.17) is 5.73 Å². The molecule has 0 saturated carbocycles. The molecule has 140 valence electrons. The predicted octanol–water partition coefficient (Wildman–Crippen LogP) is 4.18. The summed E-state index contributed by atoms with van der Waals surface area (Å²) in [5, 5.41) is 3.17. The predicted molar refractivity (Wildman–Crippen MR) is 120 cm³/mol. The van der Waals surface area contributed by atoms with E-state index in [2.05, 4.69) is 45.3 Å². The second-order valence-corrected chi connectivity index (χ2v) is 6.45. The molecule has 1 aliphatic heterocycles. The van der Waals surface area contributed by atoms with Gasteiger partial charge >= 0.3 is 0 Å². The summed E-state index contributed by atoms with van der Waals surface area (Å²) in [5.41, 5.74) is 9.42. The first-order valence-electron chi connectivity index (χ1n) is 9.10. The molecular formula is C20H28IN5. The summed E-state index contributed by atoms with van der Waals surface area (Å²) in [6.07, 6.45) is 6.68. The van der Waals surface area contributed by atoms with Crippen LogP contribution in [0, 0.1) is 0 Å². The Balaban J connectivity index is 0.00000243. The molecule has 0 aliphatic carbocycles. The highest BCUT2D eigenvalue weighted by Gasteiger charge is 2.12. The SMILES string of the molecule is CCc1cccc(NC(N)=NCc2ccnc(N3CCCCC3)c2)c1.I. The van der Waals surface area contributed by atoms with Gasteiger partial charge in [-0.05, 0) is 61.1 Å². The molecule has 1 aliphatic rings. The van der Waals surface area contributed by atoms with Crippen LogP contribution in [0.5, 0.6) is 0 Å². The van der Waals surface area contributed by atoms with Crippen molar-refractivity contribution < 1.29 is 0 Å². The Morgan fingerprint density at radius 1 is 1.15 bits per heavy atom. The molecule has 3 rings (SSSR count). The van der Waals surface area contributed by atoms with Gasteiger partial charge in [-0.3, -0.25) is 0 Å². The number of piperidine rings is 1. The van der Waals surface area contributed by atoms with Crippen LogP contribution in [0.15, 0.2) is 47.6 Å². The Morgan fingerprint density at radius 3 is 2.73 bits per heavy atom. The van der Waals surface area contributed by atoms with Crippen LogP contribution in [0.4, 0.5) is 11.5 Å². The van der Waals surface area contributed by atoms with E-state index in [1.807, 2.05) is 24.4 Å². The zero-order valence-corrected chi connectivity index (χ0v) is 17.6. The molecule has 1 fully saturated rings. The van der Waals surface area contributed by atoms with Gasteiger partial charge in [0, 0.05) is 25.0 Å². The highest BCUT2D eigenvalue weighted by Crippen LogP contribution is 2.18. The highest BCUT2D eigenvalue weighted by molar-refractivity contribution is 14.0. The van der Waals surface area contributed by atoms with Crippen molar-refractivity contribution in [2.75, 3.05) is 23.3 Å². The van der Waals surface area contributed by atoms with E-state index >= 15 is 0 Å². The fraction of sp³-hybridized carbons (Fsp3) is 0.400. The number of rotatable bonds is 5. The molecule has 0 spiro atoms. The molecular weight excluding hydrogens is 437 g/mol. The minimum absolute atomic E-state index is 0. The fourth-order valence-electron chi connectivity index (χ4n) is 3.09. The number of aromatic nitrogens is 1. The van der Waals surface area contributed by atoms with Crippen molar-refractivity contribution in [3.63, 3.8) is 0 Å². The molecule has 0 atom stereocenters. The number of halogens is 1. The Labute approximate surface area is 173 Å². The number of anilines is 2. The second kappa shape index (κ2) is 10.4. The number of hydrogen-bond donors (Lipinski definition) is 2. The van der Waals surface area contributed by atoms with Gasteiger partial charge in [-0.25, -0.2) is 9.98 Å². The number of nitrogens with two attached hydrogens (primary N) is 1. The van der Waals surface area contributed by atoms with Crippen LogP contribution >= 0.6 is 24.0 Å². The monoisotopic (exact) mass is 465 g/mol. The van der Waals surface area contributed by atoms with Crippen LogP contribution < -0.4 is 16.0 Å². The van der Waals surface area contributed by atoms with E-state index in [9.17, 15) is 0 Å². The molecule has 5 nitrogen and oxygen atoms in total. The summed E-state index contributed by atoms with van der Waals surface area (Å²) >= 11 is 0. The third kappa shape index (κ3) is 5.86. The lowest BCUT2D eigenvalue weighted by Crippen LogP contribution is -2.30. The number of aryl methyl sites for hydroxylation is 1. The summed E-state index contributed by atoms with van der Waals surface area (Å²) in [4.78, 5) is 11.3. The Bertz CT molecular complexity index is 726. The number of nitrogens with zero attached hydrogens (tertiary/aromatic N) is 3. The van der Waals surface area contributed by atoms with E-state index in [1.54, 1.807) is 0 Å². The lowest BCUT2D eigenvalue weighted by molar-refractivity contribution is 0.573. The second-order valence-electron chi connectivity index (χ2n) is 6.45. The molecule has 0 amide bonds. The van der Waals surface area contributed by atoms with Gasteiger partial charge in [-0.2, -0.15) is 0 Å². The van der Waals surface area contributed by atoms with Crippen molar-refractivity contribution in [1.82, 2.24) is 4.98 Å². The van der Waals surface area contributed by atoms with Crippen LogP contribution in [0.2, 0.25) is 0 Å². The third-order valence-corrected chi connectivity index (χ3v) is 4.53. The van der Waals surface area contributed by atoms with Crippen LogP contribution in [0.3, 0.4) is 0 Å². The molecule has 0 unspecified atom stereocenters. The molecule has 1 aromatic heterocycles. The maximum atomic E-state index is 6.04. The van der Waals surface area contributed by atoms with E-state index in [-0.39, 0.29) is 24.0 Å². The quantitative estimate of drug-likeness (QED) is 0.395.